The summed E-state index contributed by atoms with van der Waals surface area (Å²) >= 11 is 5.99. The number of para-hydroxylation sites is 1. The summed E-state index contributed by atoms with van der Waals surface area (Å²) in [6, 6.07) is 12.7. The zero-order chi connectivity index (χ0) is 22.5. The predicted octanol–water partition coefficient (Wildman–Crippen LogP) is 3.83. The van der Waals surface area contributed by atoms with Crippen molar-refractivity contribution in [1.82, 2.24) is 5.32 Å². The maximum Gasteiger partial charge on any atom is 0.328 e. The second-order valence-electron chi connectivity index (χ2n) is 5.57. The van der Waals surface area contributed by atoms with E-state index in [1.54, 1.807) is 18.2 Å². The number of rotatable bonds is 8. The van der Waals surface area contributed by atoms with Crippen molar-refractivity contribution >= 4 is 23.5 Å². The van der Waals surface area contributed by atoms with Crippen LogP contribution in [0.5, 0.6) is 17.2 Å². The molecular weight excluding hydrogens is 412 g/mol. The Bertz CT molecular complexity index is 937. The molecule has 0 atom stereocenters. The molecule has 0 saturated carbocycles. The van der Waals surface area contributed by atoms with Crippen LogP contribution in [0.15, 0.2) is 48.6 Å². The van der Waals surface area contributed by atoms with E-state index in [-0.39, 0.29) is 0 Å². The van der Waals surface area contributed by atoms with Crippen LogP contribution in [0.1, 0.15) is 18.1 Å². The van der Waals surface area contributed by atoms with Crippen LogP contribution in [0.3, 0.4) is 0 Å². The number of carboxylic acid groups (broad SMARTS) is 2. The topological polar surface area (TPSA) is 129 Å². The minimum Gasteiger partial charge on any atom is -0.490 e. The zero-order valence-corrected chi connectivity index (χ0v) is 17.1. The van der Waals surface area contributed by atoms with Crippen LogP contribution < -0.4 is 14.8 Å². The first-order chi connectivity index (χ1) is 14.3. The Labute approximate surface area is 178 Å². The number of benzene rings is 2. The van der Waals surface area contributed by atoms with E-state index < -0.39 is 11.9 Å². The first kappa shape index (κ1) is 24.5. The van der Waals surface area contributed by atoms with Crippen molar-refractivity contribution in [2.45, 2.75) is 13.5 Å². The van der Waals surface area contributed by atoms with Crippen LogP contribution in [0.2, 0.25) is 5.02 Å². The highest BCUT2D eigenvalue weighted by molar-refractivity contribution is 6.30. The number of halogens is 1. The first-order valence-corrected chi connectivity index (χ1v) is 9.10. The average Bonchev–Trinajstić information content (AvgIpc) is 2.70. The Morgan fingerprint density at radius 3 is 2.37 bits per heavy atom. The standard InChI is InChI=1S/C17H17ClN2O2.C4H4O4/c1-3-21-17-13(11-20-2)5-4-6-15(17)22-16-9-14(18)8-7-12(16)10-19;5-3(6)1-2-4(7)8/h4-9,20H,3,11H2,1-2H3;1-2H,(H,5,6)(H,7,8). The van der Waals surface area contributed by atoms with Crippen molar-refractivity contribution in [1.29, 1.82) is 5.26 Å². The van der Waals surface area contributed by atoms with Gasteiger partial charge in [-0.3, -0.25) is 0 Å². The maximum absolute atomic E-state index is 9.55. The quantitative estimate of drug-likeness (QED) is 0.536. The fourth-order valence-electron chi connectivity index (χ4n) is 2.21. The largest absolute Gasteiger partial charge is 0.490 e. The molecule has 158 valence electrons. The van der Waals surface area contributed by atoms with Gasteiger partial charge in [-0.05, 0) is 32.2 Å². The maximum atomic E-state index is 9.55. The van der Waals surface area contributed by atoms with Gasteiger partial charge in [0.1, 0.15) is 11.8 Å². The highest BCUT2D eigenvalue weighted by Gasteiger charge is 2.13. The smallest absolute Gasteiger partial charge is 0.328 e. The van der Waals surface area contributed by atoms with Crippen molar-refractivity contribution in [2.24, 2.45) is 0 Å². The zero-order valence-electron chi connectivity index (χ0n) is 16.4. The lowest BCUT2D eigenvalue weighted by molar-refractivity contribution is -0.134. The minimum absolute atomic E-state index is 0.414. The molecule has 2 rings (SSSR count). The third kappa shape index (κ3) is 8.22. The molecule has 0 saturated heterocycles. The molecule has 0 aromatic heterocycles. The number of carbonyl (C=O) groups is 2. The lowest BCUT2D eigenvalue weighted by Crippen LogP contribution is -2.08. The van der Waals surface area contributed by atoms with Gasteiger partial charge in [0.15, 0.2) is 11.5 Å². The van der Waals surface area contributed by atoms with Crippen LogP contribution in [-0.2, 0) is 16.1 Å². The van der Waals surface area contributed by atoms with Crippen LogP contribution in [0.25, 0.3) is 0 Å². The third-order valence-corrected chi connectivity index (χ3v) is 3.60. The van der Waals surface area contributed by atoms with E-state index >= 15 is 0 Å². The normalized spacial score (nSPS) is 9.93. The van der Waals surface area contributed by atoms with E-state index in [2.05, 4.69) is 11.4 Å². The lowest BCUT2D eigenvalue weighted by Gasteiger charge is -2.16. The van der Waals surface area contributed by atoms with E-state index in [1.165, 1.54) is 0 Å². The van der Waals surface area contributed by atoms with Gasteiger partial charge in [0.05, 0.1) is 12.2 Å². The monoisotopic (exact) mass is 432 g/mol. The van der Waals surface area contributed by atoms with Gasteiger partial charge in [-0.15, -0.1) is 0 Å². The molecule has 2 aromatic rings. The molecule has 0 heterocycles. The highest BCUT2D eigenvalue weighted by Crippen LogP contribution is 2.36. The number of hydrogen-bond acceptors (Lipinski definition) is 6. The van der Waals surface area contributed by atoms with E-state index in [0.717, 1.165) is 5.56 Å². The van der Waals surface area contributed by atoms with Gasteiger partial charge in [0, 0.05) is 35.3 Å². The summed E-state index contributed by atoms with van der Waals surface area (Å²) in [5, 5.41) is 28.4. The van der Waals surface area contributed by atoms with Crippen LogP contribution in [0.4, 0.5) is 0 Å². The molecule has 0 fully saturated rings. The molecule has 0 unspecified atom stereocenters. The fourth-order valence-corrected chi connectivity index (χ4v) is 2.38. The van der Waals surface area contributed by atoms with E-state index in [4.69, 9.17) is 31.3 Å². The Kier molecular flexibility index (Phi) is 10.5. The molecule has 8 nitrogen and oxygen atoms in total. The number of carboxylic acids is 2. The first-order valence-electron chi connectivity index (χ1n) is 8.73. The van der Waals surface area contributed by atoms with E-state index in [9.17, 15) is 14.9 Å². The van der Waals surface area contributed by atoms with Crippen LogP contribution in [0, 0.1) is 11.3 Å². The Morgan fingerprint density at radius 1 is 1.17 bits per heavy atom. The molecule has 0 aliphatic rings. The van der Waals surface area contributed by atoms with E-state index in [1.807, 2.05) is 32.2 Å². The molecule has 0 spiro atoms. The lowest BCUT2D eigenvalue weighted by atomic mass is 10.1. The summed E-state index contributed by atoms with van der Waals surface area (Å²) in [4.78, 5) is 19.1. The predicted molar refractivity (Wildman–Crippen MR) is 111 cm³/mol. The van der Waals surface area contributed by atoms with Gasteiger partial charge >= 0.3 is 11.9 Å². The third-order valence-electron chi connectivity index (χ3n) is 3.37. The number of nitriles is 1. The summed E-state index contributed by atoms with van der Waals surface area (Å²) in [6.07, 6.45) is 1.12. The molecule has 0 radical (unpaired) electrons. The number of aliphatic carboxylic acids is 2. The molecule has 0 amide bonds. The molecule has 30 heavy (non-hydrogen) atoms. The molecule has 0 aliphatic heterocycles. The van der Waals surface area contributed by atoms with E-state index in [0.29, 0.717) is 53.1 Å². The molecular formula is C21H21ClN2O6. The molecule has 2 aromatic carbocycles. The van der Waals surface area contributed by atoms with Crippen molar-refractivity contribution in [2.75, 3.05) is 13.7 Å². The van der Waals surface area contributed by atoms with Crippen molar-refractivity contribution in [3.63, 3.8) is 0 Å². The number of ether oxygens (including phenoxy) is 2. The summed E-state index contributed by atoms with van der Waals surface area (Å²) < 4.78 is 11.6. The van der Waals surface area contributed by atoms with Crippen molar-refractivity contribution in [3.05, 3.63) is 64.7 Å². The number of nitrogens with zero attached hydrogens (tertiary/aromatic N) is 1. The summed E-state index contributed by atoms with van der Waals surface area (Å²) in [5.74, 6) is -0.867. The highest BCUT2D eigenvalue weighted by atomic mass is 35.5. The van der Waals surface area contributed by atoms with Gasteiger partial charge in [-0.1, -0.05) is 23.7 Å². The molecule has 3 N–H and O–H groups in total. The minimum atomic E-state index is -1.26. The van der Waals surface area contributed by atoms with Crippen molar-refractivity contribution in [3.8, 4) is 23.3 Å². The average molecular weight is 433 g/mol. The summed E-state index contributed by atoms with van der Waals surface area (Å²) in [7, 11) is 1.87. The van der Waals surface area contributed by atoms with Gasteiger partial charge in [0.25, 0.3) is 0 Å². The fraction of sp³-hybridized carbons (Fsp3) is 0.190. The second-order valence-corrected chi connectivity index (χ2v) is 6.01. The molecule has 9 heteroatoms. The number of nitrogens with one attached hydrogen (secondary N) is 1. The van der Waals surface area contributed by atoms with Gasteiger partial charge < -0.3 is 25.0 Å². The SMILES string of the molecule is CCOc1c(CNC)cccc1Oc1cc(Cl)ccc1C#N.O=C(O)C=CC(=O)O. The van der Waals surface area contributed by atoms with Gasteiger partial charge in [-0.25, -0.2) is 9.59 Å². The molecule has 0 aliphatic carbocycles. The summed E-state index contributed by atoms with van der Waals surface area (Å²) in [6.45, 7) is 3.10. The van der Waals surface area contributed by atoms with Crippen LogP contribution >= 0.6 is 11.6 Å². The second kappa shape index (κ2) is 12.8. The number of hydrogen-bond donors (Lipinski definition) is 3. The molecule has 0 bridgehead atoms. The van der Waals surface area contributed by atoms with Crippen molar-refractivity contribution < 1.29 is 29.3 Å². The van der Waals surface area contributed by atoms with Crippen LogP contribution in [-0.4, -0.2) is 35.8 Å². The Balaban J connectivity index is 0.000000479. The van der Waals surface area contributed by atoms with Gasteiger partial charge in [-0.2, -0.15) is 5.26 Å². The summed E-state index contributed by atoms with van der Waals surface area (Å²) in [5.41, 5.74) is 1.41. The Morgan fingerprint density at radius 2 is 1.83 bits per heavy atom. The van der Waals surface area contributed by atoms with Gasteiger partial charge in [0.2, 0.25) is 0 Å². The Hall–Kier alpha value is -3.54.